The smallest absolute Gasteiger partial charge is 0.00258 e. The van der Waals surface area contributed by atoms with Crippen molar-refractivity contribution < 1.29 is 0 Å². The summed E-state index contributed by atoms with van der Waals surface area (Å²) in [7, 11) is 0. The van der Waals surface area contributed by atoms with Crippen LogP contribution in [0.15, 0.2) is 152 Å². The normalized spacial score (nSPS) is 12.6. The Bertz CT molecular complexity index is 1270. The van der Waals surface area contributed by atoms with Gasteiger partial charge in [-0.25, -0.2) is 0 Å². The Morgan fingerprint density at radius 1 is 0.649 bits per heavy atom. The third kappa shape index (κ3) is 10.2. The van der Waals surface area contributed by atoms with Gasteiger partial charge in [0.25, 0.3) is 0 Å². The zero-order valence-corrected chi connectivity index (χ0v) is 22.2. The maximum Gasteiger partial charge on any atom is -0.00258 e. The molecule has 0 aromatic heterocycles. The van der Waals surface area contributed by atoms with Gasteiger partial charge >= 0.3 is 0 Å². The minimum atomic E-state index is 0.951. The van der Waals surface area contributed by atoms with Crippen LogP contribution in [0.3, 0.4) is 0 Å². The highest BCUT2D eigenvalue weighted by Gasteiger charge is 1.99. The van der Waals surface area contributed by atoms with Gasteiger partial charge in [-0.3, -0.25) is 0 Å². The highest BCUT2D eigenvalue weighted by Crippen LogP contribution is 2.18. The van der Waals surface area contributed by atoms with Crippen LogP contribution in [0.4, 0.5) is 0 Å². The van der Waals surface area contributed by atoms with Gasteiger partial charge in [-0.05, 0) is 72.1 Å². The van der Waals surface area contributed by atoms with Gasteiger partial charge in [0.15, 0.2) is 0 Å². The molecule has 0 aliphatic heterocycles. The molecule has 0 bridgehead atoms. The Morgan fingerprint density at radius 3 is 2.03 bits per heavy atom. The quantitative estimate of drug-likeness (QED) is 0.225. The number of hydrogen-bond acceptors (Lipinski definition) is 0. The van der Waals surface area contributed by atoms with E-state index >= 15 is 0 Å². The average molecular weight is 483 g/mol. The number of rotatable bonds is 12. The van der Waals surface area contributed by atoms with Crippen molar-refractivity contribution in [1.29, 1.82) is 0 Å². The molecule has 0 saturated heterocycles. The molecule has 0 fully saturated rings. The number of hydrogen-bond donors (Lipinski definition) is 0. The second-order valence-electron chi connectivity index (χ2n) is 9.00. The Hall–Kier alpha value is -4.16. The van der Waals surface area contributed by atoms with Gasteiger partial charge in [0.1, 0.15) is 0 Å². The molecule has 0 unspecified atom stereocenters. The Morgan fingerprint density at radius 2 is 1.32 bits per heavy atom. The van der Waals surface area contributed by atoms with Gasteiger partial charge in [0.2, 0.25) is 0 Å². The highest BCUT2D eigenvalue weighted by molar-refractivity contribution is 5.72. The van der Waals surface area contributed by atoms with E-state index in [2.05, 4.69) is 135 Å². The lowest BCUT2D eigenvalue weighted by atomic mass is 10.0. The van der Waals surface area contributed by atoms with E-state index in [-0.39, 0.29) is 0 Å². The van der Waals surface area contributed by atoms with Crippen molar-refractivity contribution in [2.45, 2.75) is 33.1 Å². The molecule has 0 heterocycles. The van der Waals surface area contributed by atoms with Crippen molar-refractivity contribution in [3.05, 3.63) is 180 Å². The first-order valence-electron chi connectivity index (χ1n) is 13.0. The van der Waals surface area contributed by atoms with Crippen molar-refractivity contribution >= 4 is 11.6 Å². The summed E-state index contributed by atoms with van der Waals surface area (Å²) in [5.74, 6) is 0. The van der Waals surface area contributed by atoms with Crippen molar-refractivity contribution in [3.63, 3.8) is 0 Å². The van der Waals surface area contributed by atoms with Crippen LogP contribution in [0.25, 0.3) is 11.6 Å². The highest BCUT2D eigenvalue weighted by atomic mass is 14.0. The predicted molar refractivity (Wildman–Crippen MR) is 165 cm³/mol. The third-order valence-corrected chi connectivity index (χ3v) is 6.06. The predicted octanol–water partition coefficient (Wildman–Crippen LogP) is 10.1. The molecule has 3 aromatic carbocycles. The van der Waals surface area contributed by atoms with Crippen LogP contribution in [-0.4, -0.2) is 0 Å². The van der Waals surface area contributed by atoms with Crippen LogP contribution in [0.1, 0.15) is 48.1 Å². The molecule has 0 saturated carbocycles. The van der Waals surface area contributed by atoms with E-state index in [1.54, 1.807) is 0 Å². The zero-order chi connectivity index (χ0) is 26.1. The van der Waals surface area contributed by atoms with E-state index in [1.807, 2.05) is 31.2 Å². The number of benzene rings is 3. The Balaban J connectivity index is 1.53. The summed E-state index contributed by atoms with van der Waals surface area (Å²) in [4.78, 5) is 0. The fourth-order valence-electron chi connectivity index (χ4n) is 3.98. The maximum absolute atomic E-state index is 4.27. The van der Waals surface area contributed by atoms with Gasteiger partial charge in [-0.2, -0.15) is 0 Å². The fraction of sp³-hybridized carbons (Fsp3) is 0.135. The van der Waals surface area contributed by atoms with Gasteiger partial charge < -0.3 is 0 Å². The fourth-order valence-corrected chi connectivity index (χ4v) is 3.98. The minimum absolute atomic E-state index is 0.951. The topological polar surface area (TPSA) is 0 Å². The first-order chi connectivity index (χ1) is 18.2. The standard InChI is InChI=1S/C37H38/c1-4-6-7-8-10-16-33-21-24-34(25-22-33)23-20-32(14-5-2)19-13-15-31(3)37-28-26-36(27-29-37)30-35-17-11-9-12-18-35/h4-19,21-22,24-29H,3,20,23,30H2,1-2H3/b6-4-,8-7-,14-5-,15-13+,16-10+,32-19+. The molecule has 3 aromatic rings. The molecule has 0 aliphatic carbocycles. The molecule has 0 aliphatic rings. The molecular formula is C37H38. The van der Waals surface area contributed by atoms with Crippen LogP contribution >= 0.6 is 0 Å². The van der Waals surface area contributed by atoms with E-state index in [0.717, 1.165) is 30.4 Å². The molecule has 0 heteroatoms. The summed E-state index contributed by atoms with van der Waals surface area (Å²) in [6.45, 7) is 8.36. The molecule has 37 heavy (non-hydrogen) atoms. The Kier molecular flexibility index (Phi) is 11.7. The van der Waals surface area contributed by atoms with Gasteiger partial charge in [0.05, 0.1) is 0 Å². The molecular weight excluding hydrogens is 444 g/mol. The largest absolute Gasteiger partial charge is 0.0912 e. The zero-order valence-electron chi connectivity index (χ0n) is 22.2. The molecule has 0 amide bonds. The SMILES string of the molecule is C=C(/C=C/C=C(\C=C/C)CCc1ccc(/C=C/C=C\C=C/C)cc1)c1ccc(Cc2ccccc2)cc1. The summed E-state index contributed by atoms with van der Waals surface area (Å²) in [5, 5.41) is 0. The van der Waals surface area contributed by atoms with E-state index in [4.69, 9.17) is 0 Å². The molecule has 0 radical (unpaired) electrons. The molecule has 186 valence electrons. The van der Waals surface area contributed by atoms with Crippen molar-refractivity contribution in [2.75, 3.05) is 0 Å². The Labute approximate surface area is 224 Å². The molecule has 0 spiro atoms. The summed E-state index contributed by atoms with van der Waals surface area (Å²) in [5.41, 5.74) is 8.69. The lowest BCUT2D eigenvalue weighted by Gasteiger charge is -2.05. The second kappa shape index (κ2) is 15.8. The summed E-state index contributed by atoms with van der Waals surface area (Å²) < 4.78 is 0. The van der Waals surface area contributed by atoms with Crippen LogP contribution in [0.2, 0.25) is 0 Å². The van der Waals surface area contributed by atoms with Crippen LogP contribution < -0.4 is 0 Å². The third-order valence-electron chi connectivity index (χ3n) is 6.06. The van der Waals surface area contributed by atoms with Gasteiger partial charge in [0, 0.05) is 0 Å². The number of allylic oxidation sites excluding steroid dienone is 12. The first-order valence-corrected chi connectivity index (χ1v) is 13.0. The van der Waals surface area contributed by atoms with Crippen LogP contribution in [0.5, 0.6) is 0 Å². The average Bonchev–Trinajstić information content (AvgIpc) is 2.93. The minimum Gasteiger partial charge on any atom is -0.0912 e. The number of aryl methyl sites for hydroxylation is 1. The molecule has 3 rings (SSSR count). The van der Waals surface area contributed by atoms with E-state index in [9.17, 15) is 0 Å². The molecule has 0 nitrogen and oxygen atoms in total. The van der Waals surface area contributed by atoms with E-state index in [1.165, 1.54) is 27.8 Å². The lowest BCUT2D eigenvalue weighted by molar-refractivity contribution is 0.964. The molecule has 0 atom stereocenters. The second-order valence-corrected chi connectivity index (χ2v) is 9.00. The van der Waals surface area contributed by atoms with Crippen LogP contribution in [-0.2, 0) is 12.8 Å². The van der Waals surface area contributed by atoms with Crippen molar-refractivity contribution in [3.8, 4) is 0 Å². The van der Waals surface area contributed by atoms with Crippen LogP contribution in [0, 0.1) is 0 Å². The van der Waals surface area contributed by atoms with Crippen molar-refractivity contribution in [2.24, 2.45) is 0 Å². The van der Waals surface area contributed by atoms with E-state index < -0.39 is 0 Å². The lowest BCUT2D eigenvalue weighted by Crippen LogP contribution is -1.89. The first kappa shape index (κ1) is 27.4. The summed E-state index contributed by atoms with van der Waals surface area (Å²) in [6.07, 6.45) is 26.0. The maximum atomic E-state index is 4.27. The van der Waals surface area contributed by atoms with Gasteiger partial charge in [-0.15, -0.1) is 0 Å². The summed E-state index contributed by atoms with van der Waals surface area (Å²) in [6, 6.07) is 28.1. The van der Waals surface area contributed by atoms with Crippen molar-refractivity contribution in [1.82, 2.24) is 0 Å². The monoisotopic (exact) mass is 482 g/mol. The van der Waals surface area contributed by atoms with E-state index in [0.29, 0.717) is 0 Å². The van der Waals surface area contributed by atoms with Gasteiger partial charge in [-0.1, -0.05) is 152 Å². The molecule has 0 N–H and O–H groups in total. The summed E-state index contributed by atoms with van der Waals surface area (Å²) >= 11 is 0.